The second-order valence-electron chi connectivity index (χ2n) is 13.6. The average Bonchev–Trinajstić information content (AvgIpc) is 3.76. The topological polar surface area (TPSA) is 164 Å². The Hall–Kier alpha value is -4.02. The minimum absolute atomic E-state index is 0.114. The number of aromatic amines is 1. The summed E-state index contributed by atoms with van der Waals surface area (Å²) < 4.78 is 23.9. The summed E-state index contributed by atoms with van der Waals surface area (Å²) in [6.45, 7) is 15.8. The maximum absolute atomic E-state index is 12.2. The van der Waals surface area contributed by atoms with E-state index in [1.807, 2.05) is 69.3 Å². The predicted octanol–water partition coefficient (Wildman–Crippen LogP) is 9.53. The number of rotatable bonds is 12. The number of halogens is 3. The molecule has 300 valence electrons. The molecule has 0 radical (unpaired) electrons. The van der Waals surface area contributed by atoms with E-state index >= 15 is 0 Å². The summed E-state index contributed by atoms with van der Waals surface area (Å²) in [7, 11) is 0. The lowest BCUT2D eigenvalue weighted by Gasteiger charge is -2.19. The van der Waals surface area contributed by atoms with Gasteiger partial charge in [0, 0.05) is 45.5 Å². The quantitative estimate of drug-likeness (QED) is 0.0794. The molecule has 0 aliphatic rings. The fourth-order valence-electron chi connectivity index (χ4n) is 4.30. The molecule has 2 aromatic carbocycles. The van der Waals surface area contributed by atoms with Gasteiger partial charge in [-0.2, -0.15) is 0 Å². The molecule has 0 fully saturated rings. The molecule has 4 rings (SSSR count). The highest BCUT2D eigenvalue weighted by molar-refractivity contribution is 9.10. The number of H-pyrrole nitrogens is 1. The summed E-state index contributed by atoms with van der Waals surface area (Å²) in [6.07, 6.45) is 4.23. The van der Waals surface area contributed by atoms with Gasteiger partial charge in [-0.05, 0) is 91.6 Å². The molecule has 2 aromatic heterocycles. The van der Waals surface area contributed by atoms with Crippen LogP contribution in [0, 0.1) is 0 Å². The highest BCUT2D eigenvalue weighted by Gasteiger charge is 2.20. The first-order valence-electron chi connectivity index (χ1n) is 17.6. The third kappa shape index (κ3) is 18.4. The van der Waals surface area contributed by atoms with Crippen molar-refractivity contribution in [2.24, 2.45) is 0 Å². The zero-order valence-corrected chi connectivity index (χ0v) is 37.2. The largest absolute Gasteiger partial charge is 0.460 e. The van der Waals surface area contributed by atoms with Crippen LogP contribution in [0.1, 0.15) is 89.5 Å². The van der Waals surface area contributed by atoms with E-state index in [-0.39, 0.29) is 36.4 Å². The number of nitrogens with one attached hydrogen (secondary N) is 2. The monoisotopic (exact) mass is 953 g/mol. The molecule has 1 amide bonds. The van der Waals surface area contributed by atoms with Gasteiger partial charge in [0.1, 0.15) is 11.2 Å². The van der Waals surface area contributed by atoms with Gasteiger partial charge in [0.15, 0.2) is 0 Å². The number of carbonyl (C=O) groups is 4. The Labute approximate surface area is 348 Å². The normalized spacial score (nSPS) is 10.9. The first kappa shape index (κ1) is 47.1. The van der Waals surface area contributed by atoms with Gasteiger partial charge in [-0.1, -0.05) is 72.1 Å². The third-order valence-corrected chi connectivity index (χ3v) is 8.15. The molecule has 0 saturated carbocycles. The highest BCUT2D eigenvalue weighted by Crippen LogP contribution is 2.22. The Kier molecular flexibility index (Phi) is 19.8. The van der Waals surface area contributed by atoms with Crippen LogP contribution in [0.2, 0.25) is 0 Å². The number of ether oxygens (including phenoxy) is 4. The van der Waals surface area contributed by atoms with Gasteiger partial charge >= 0.3 is 24.0 Å². The first-order chi connectivity index (χ1) is 25.8. The molecule has 0 aliphatic carbocycles. The number of nitrogens with zero attached hydrogens (tertiary/aromatic N) is 3. The second kappa shape index (κ2) is 23.1. The van der Waals surface area contributed by atoms with Gasteiger partial charge in [-0.25, -0.2) is 24.4 Å². The van der Waals surface area contributed by atoms with Crippen LogP contribution in [0.4, 0.5) is 4.79 Å². The van der Waals surface area contributed by atoms with Crippen LogP contribution in [0.3, 0.4) is 0 Å². The van der Waals surface area contributed by atoms with E-state index in [9.17, 15) is 19.2 Å². The number of aromatic nitrogens is 4. The van der Waals surface area contributed by atoms with Crippen LogP contribution in [0.15, 0.2) is 69.9 Å². The van der Waals surface area contributed by atoms with Crippen molar-refractivity contribution in [2.75, 3.05) is 25.1 Å². The average molecular weight is 957 g/mol. The van der Waals surface area contributed by atoms with Crippen molar-refractivity contribution in [1.82, 2.24) is 24.8 Å². The number of amides is 1. The van der Waals surface area contributed by atoms with E-state index in [2.05, 4.69) is 68.1 Å². The SMILES string of the molecule is CC(C)(C)OC(=O)CCCBr.CCOC(=O)c1nc(-c2ccc(Br)cc2)cn1CCNC(=O)OC(C)(C)C.CCOC(=O)c1ncc(-c2ccc(Br)cc2)[nH]1. The molecule has 0 aliphatic heterocycles. The molecule has 0 atom stereocenters. The van der Waals surface area contributed by atoms with Gasteiger partial charge in [0.25, 0.3) is 0 Å². The van der Waals surface area contributed by atoms with E-state index in [4.69, 9.17) is 18.9 Å². The number of hydrogen-bond donors (Lipinski definition) is 2. The molecular weight excluding hydrogens is 906 g/mol. The number of imidazole rings is 2. The van der Waals surface area contributed by atoms with E-state index in [1.165, 1.54) is 0 Å². The molecule has 0 unspecified atom stereocenters. The van der Waals surface area contributed by atoms with Crippen LogP contribution in [0.25, 0.3) is 22.5 Å². The summed E-state index contributed by atoms with van der Waals surface area (Å²) in [5, 5.41) is 3.53. The zero-order chi connectivity index (χ0) is 41.2. The van der Waals surface area contributed by atoms with Gasteiger partial charge in [-0.3, -0.25) is 4.79 Å². The predicted molar refractivity (Wildman–Crippen MR) is 222 cm³/mol. The molecule has 0 saturated heterocycles. The third-order valence-electron chi connectivity index (χ3n) is 6.53. The lowest BCUT2D eigenvalue weighted by Crippen LogP contribution is -2.34. The molecule has 0 bridgehead atoms. The summed E-state index contributed by atoms with van der Waals surface area (Å²) in [5.74, 6) is -0.628. The van der Waals surface area contributed by atoms with Crippen LogP contribution in [0.5, 0.6) is 0 Å². The Balaban J connectivity index is 0.000000318. The molecule has 2 heterocycles. The van der Waals surface area contributed by atoms with Crippen LogP contribution >= 0.6 is 47.8 Å². The number of benzene rings is 2. The first-order valence-corrected chi connectivity index (χ1v) is 20.3. The molecule has 0 spiro atoms. The number of esters is 3. The van der Waals surface area contributed by atoms with Crippen molar-refractivity contribution in [2.45, 2.75) is 86.0 Å². The number of alkyl carbamates (subject to hydrolysis) is 1. The van der Waals surface area contributed by atoms with Crippen molar-refractivity contribution in [3.8, 4) is 22.5 Å². The maximum Gasteiger partial charge on any atom is 0.407 e. The van der Waals surface area contributed by atoms with Crippen molar-refractivity contribution < 1.29 is 38.1 Å². The Morgan fingerprint density at radius 2 is 1.35 bits per heavy atom. The van der Waals surface area contributed by atoms with Crippen molar-refractivity contribution in [3.63, 3.8) is 0 Å². The molecule has 55 heavy (non-hydrogen) atoms. The summed E-state index contributed by atoms with van der Waals surface area (Å²) >= 11 is 10.0. The molecule has 4 aromatic rings. The van der Waals surface area contributed by atoms with E-state index in [0.717, 1.165) is 37.5 Å². The van der Waals surface area contributed by atoms with Gasteiger partial charge in [0.05, 0.1) is 30.8 Å². The molecule has 2 N–H and O–H groups in total. The second-order valence-corrected chi connectivity index (χ2v) is 16.2. The van der Waals surface area contributed by atoms with Crippen LogP contribution < -0.4 is 5.32 Å². The zero-order valence-electron chi connectivity index (χ0n) is 32.5. The van der Waals surface area contributed by atoms with E-state index in [0.29, 0.717) is 25.3 Å². The Morgan fingerprint density at radius 1 is 0.800 bits per heavy atom. The molecule has 16 heteroatoms. The number of carbonyl (C=O) groups excluding carboxylic acids is 4. The molecule has 13 nitrogen and oxygen atoms in total. The standard InChI is InChI=1S/C19H24BrN3O4.C12H11BrN2O2.C8H15BrO2/c1-5-26-17(24)16-22-15(13-6-8-14(20)9-7-13)12-23(16)11-10-21-18(25)27-19(2,3)4;1-2-17-12(16)11-14-7-10(15-11)8-3-5-9(13)6-4-8;1-8(2,3)11-7(10)5-4-6-9/h6-9,12H,5,10-11H2,1-4H3,(H,21,25);3-7H,2H2,1H3,(H,14,15);4-6H2,1-3H3. The fraction of sp³-hybridized carbons (Fsp3) is 0.436. The van der Waals surface area contributed by atoms with Gasteiger partial charge in [0.2, 0.25) is 11.6 Å². The van der Waals surface area contributed by atoms with Crippen molar-refractivity contribution >= 4 is 71.8 Å². The maximum atomic E-state index is 12.2. The fourth-order valence-corrected chi connectivity index (χ4v) is 5.11. The van der Waals surface area contributed by atoms with Gasteiger partial charge < -0.3 is 33.8 Å². The smallest absolute Gasteiger partial charge is 0.407 e. The summed E-state index contributed by atoms with van der Waals surface area (Å²) in [5.41, 5.74) is 2.38. The minimum Gasteiger partial charge on any atom is -0.460 e. The van der Waals surface area contributed by atoms with Crippen molar-refractivity contribution in [1.29, 1.82) is 0 Å². The van der Waals surface area contributed by atoms with E-state index in [1.54, 1.807) is 51.6 Å². The summed E-state index contributed by atoms with van der Waals surface area (Å²) in [4.78, 5) is 57.7. The number of alkyl halides is 1. The lowest BCUT2D eigenvalue weighted by atomic mass is 10.2. The number of hydrogen-bond acceptors (Lipinski definition) is 10. The highest BCUT2D eigenvalue weighted by atomic mass is 79.9. The van der Waals surface area contributed by atoms with Crippen molar-refractivity contribution in [3.05, 3.63) is 81.5 Å². The Bertz CT molecular complexity index is 1810. The van der Waals surface area contributed by atoms with E-state index < -0.39 is 23.6 Å². The Morgan fingerprint density at radius 3 is 1.87 bits per heavy atom. The lowest BCUT2D eigenvalue weighted by molar-refractivity contribution is -0.154. The van der Waals surface area contributed by atoms with Crippen LogP contribution in [-0.4, -0.2) is 79.8 Å². The van der Waals surface area contributed by atoms with Crippen LogP contribution in [-0.2, 0) is 30.3 Å². The summed E-state index contributed by atoms with van der Waals surface area (Å²) in [6, 6.07) is 15.4. The van der Waals surface area contributed by atoms with Gasteiger partial charge in [-0.15, -0.1) is 0 Å². The minimum atomic E-state index is -0.566. The molecular formula is C39H50Br3N5O8.